The summed E-state index contributed by atoms with van der Waals surface area (Å²) < 4.78 is 10.9. The maximum atomic E-state index is 13.3. The van der Waals surface area contributed by atoms with E-state index in [9.17, 15) is 19.2 Å². The largest absolute Gasteiger partial charge is 0.497 e. The normalized spacial score (nSPS) is 11.4. The number of nitrogens with one attached hydrogen (secondary N) is 2. The van der Waals surface area contributed by atoms with Crippen molar-refractivity contribution < 1.29 is 23.9 Å². The Labute approximate surface area is 229 Å². The molecule has 5 rings (SSSR count). The number of aromatic nitrogens is 1. The number of Topliss-reactive ketones (excluding diaryl/α,β-unsaturated/α-hetero) is 1. The number of para-hydroxylation sites is 1. The van der Waals surface area contributed by atoms with Crippen LogP contribution in [0.2, 0.25) is 0 Å². The Balaban J connectivity index is 1.34. The minimum absolute atomic E-state index is 0.197. The first-order valence-corrected chi connectivity index (χ1v) is 12.4. The topological polar surface area (TPSA) is 115 Å². The third-order valence-corrected chi connectivity index (χ3v) is 6.31. The number of amides is 1. The van der Waals surface area contributed by atoms with Crippen molar-refractivity contribution in [1.82, 2.24) is 4.98 Å². The van der Waals surface area contributed by atoms with Gasteiger partial charge in [0.2, 0.25) is 11.3 Å². The summed E-state index contributed by atoms with van der Waals surface area (Å²) in [5, 5.41) is 3.36. The second-order valence-corrected chi connectivity index (χ2v) is 8.91. The Morgan fingerprint density at radius 1 is 0.775 bits per heavy atom. The first-order valence-electron chi connectivity index (χ1n) is 12.4. The van der Waals surface area contributed by atoms with E-state index in [1.807, 2.05) is 6.07 Å². The van der Waals surface area contributed by atoms with E-state index >= 15 is 0 Å². The van der Waals surface area contributed by atoms with Gasteiger partial charge in [0, 0.05) is 33.8 Å². The molecule has 0 bridgehead atoms. The number of aromatic amines is 1. The third kappa shape index (κ3) is 5.66. The number of anilines is 1. The van der Waals surface area contributed by atoms with Crippen LogP contribution in [0.4, 0.5) is 5.69 Å². The Morgan fingerprint density at radius 2 is 1.43 bits per heavy atom. The van der Waals surface area contributed by atoms with Crippen molar-refractivity contribution in [2.45, 2.75) is 6.10 Å². The molecule has 1 aromatic heterocycles. The lowest BCUT2D eigenvalue weighted by Gasteiger charge is -2.18. The van der Waals surface area contributed by atoms with Gasteiger partial charge in [-0.25, -0.2) is 4.79 Å². The molecule has 0 saturated heterocycles. The van der Waals surface area contributed by atoms with E-state index in [4.69, 9.17) is 9.47 Å². The Morgan fingerprint density at radius 3 is 2.12 bits per heavy atom. The predicted molar refractivity (Wildman–Crippen MR) is 151 cm³/mol. The van der Waals surface area contributed by atoms with Gasteiger partial charge in [-0.15, -0.1) is 0 Å². The summed E-state index contributed by atoms with van der Waals surface area (Å²) in [5.74, 6) is -0.943. The molecule has 0 saturated carbocycles. The molecule has 0 aliphatic heterocycles. The maximum Gasteiger partial charge on any atom is 0.339 e. The van der Waals surface area contributed by atoms with Crippen molar-refractivity contribution in [2.24, 2.45) is 0 Å². The highest BCUT2D eigenvalue weighted by atomic mass is 16.5. The highest BCUT2D eigenvalue weighted by Gasteiger charge is 2.27. The first kappa shape index (κ1) is 26.1. The van der Waals surface area contributed by atoms with Gasteiger partial charge < -0.3 is 19.8 Å². The highest BCUT2D eigenvalue weighted by molar-refractivity contribution is 6.12. The summed E-state index contributed by atoms with van der Waals surface area (Å²) in [6, 6.07) is 29.7. The number of carbonyl (C=O) groups excluding carboxylic acids is 3. The molecular formula is C32H24N2O6. The van der Waals surface area contributed by atoms with Crippen LogP contribution in [-0.4, -0.2) is 29.8 Å². The van der Waals surface area contributed by atoms with Gasteiger partial charge in [-0.2, -0.15) is 0 Å². The molecule has 2 N–H and O–H groups in total. The molecular weight excluding hydrogens is 508 g/mol. The number of ether oxygens (including phenoxy) is 2. The highest BCUT2D eigenvalue weighted by Crippen LogP contribution is 2.26. The minimum atomic E-state index is -1.16. The number of H-pyrrole nitrogens is 1. The van der Waals surface area contributed by atoms with Gasteiger partial charge in [0.05, 0.1) is 18.2 Å². The van der Waals surface area contributed by atoms with Crippen LogP contribution in [0, 0.1) is 0 Å². The molecule has 0 radical (unpaired) electrons. The standard InChI is InChI=1S/C32H24N2O6/c1-39-24-17-13-20(14-18-24)29(36)30(21-7-3-2-4-8-21)40-32(38)22-11-15-23(16-12-22)33-31(37)26-19-28(35)34-27-10-6-5-9-25(26)27/h2-19,30H,1H3,(H,33,37)(H,34,35). The van der Waals surface area contributed by atoms with Gasteiger partial charge in [-0.1, -0.05) is 48.5 Å². The number of fused-ring (bicyclic) bond motifs is 1. The zero-order chi connectivity index (χ0) is 28.1. The number of hydrogen-bond donors (Lipinski definition) is 2. The first-order chi connectivity index (χ1) is 19.4. The van der Waals surface area contributed by atoms with Crippen molar-refractivity contribution >= 4 is 34.3 Å². The average molecular weight is 533 g/mol. The lowest BCUT2D eigenvalue weighted by molar-refractivity contribution is 0.0280. The van der Waals surface area contributed by atoms with Gasteiger partial charge in [0.1, 0.15) is 5.75 Å². The van der Waals surface area contributed by atoms with Crippen molar-refractivity contribution in [1.29, 1.82) is 0 Å². The van der Waals surface area contributed by atoms with Crippen LogP contribution in [0.1, 0.15) is 42.7 Å². The number of benzene rings is 4. The van der Waals surface area contributed by atoms with Gasteiger partial charge in [0.15, 0.2) is 6.10 Å². The number of pyridine rings is 1. The number of ketones is 1. The van der Waals surface area contributed by atoms with Crippen LogP contribution in [0.3, 0.4) is 0 Å². The smallest absolute Gasteiger partial charge is 0.339 e. The van der Waals surface area contributed by atoms with E-state index in [2.05, 4.69) is 10.3 Å². The fourth-order valence-corrected chi connectivity index (χ4v) is 4.26. The van der Waals surface area contributed by atoms with E-state index in [0.29, 0.717) is 33.5 Å². The van der Waals surface area contributed by atoms with E-state index in [-0.39, 0.29) is 22.5 Å². The molecule has 0 fully saturated rings. The molecule has 1 amide bonds. The van der Waals surface area contributed by atoms with E-state index in [0.717, 1.165) is 0 Å². The average Bonchev–Trinajstić information content (AvgIpc) is 2.99. The van der Waals surface area contributed by atoms with Gasteiger partial charge in [0.25, 0.3) is 5.91 Å². The molecule has 1 heterocycles. The van der Waals surface area contributed by atoms with Crippen molar-refractivity contribution in [3.8, 4) is 5.75 Å². The zero-order valence-electron chi connectivity index (χ0n) is 21.4. The Bertz CT molecular complexity index is 1740. The van der Waals surface area contributed by atoms with E-state index in [1.54, 1.807) is 84.9 Å². The molecule has 4 aromatic carbocycles. The molecule has 198 valence electrons. The molecule has 1 atom stereocenters. The molecule has 40 heavy (non-hydrogen) atoms. The molecule has 8 nitrogen and oxygen atoms in total. The number of esters is 1. The van der Waals surface area contributed by atoms with Crippen LogP contribution >= 0.6 is 0 Å². The van der Waals surface area contributed by atoms with Gasteiger partial charge in [-0.3, -0.25) is 14.4 Å². The quantitative estimate of drug-likeness (QED) is 0.199. The van der Waals surface area contributed by atoms with Crippen LogP contribution in [0.15, 0.2) is 114 Å². The predicted octanol–water partition coefficient (Wildman–Crippen LogP) is 5.57. The molecule has 5 aromatic rings. The lowest BCUT2D eigenvalue weighted by atomic mass is 9.99. The second kappa shape index (κ2) is 11.5. The van der Waals surface area contributed by atoms with Gasteiger partial charge in [-0.05, 0) is 54.6 Å². The van der Waals surface area contributed by atoms with Crippen LogP contribution in [0.5, 0.6) is 5.75 Å². The minimum Gasteiger partial charge on any atom is -0.497 e. The second-order valence-electron chi connectivity index (χ2n) is 8.91. The fourth-order valence-electron chi connectivity index (χ4n) is 4.26. The van der Waals surface area contributed by atoms with E-state index < -0.39 is 18.0 Å². The molecule has 0 spiro atoms. The van der Waals surface area contributed by atoms with Crippen molar-refractivity contribution in [3.05, 3.63) is 142 Å². The summed E-state index contributed by atoms with van der Waals surface area (Å²) in [6.45, 7) is 0. The Hall–Kier alpha value is -5.50. The summed E-state index contributed by atoms with van der Waals surface area (Å²) in [7, 11) is 1.53. The molecule has 0 aliphatic carbocycles. The molecule has 0 aliphatic rings. The van der Waals surface area contributed by atoms with Crippen LogP contribution < -0.4 is 15.6 Å². The number of hydrogen-bond acceptors (Lipinski definition) is 6. The SMILES string of the molecule is COc1ccc(C(=O)C(OC(=O)c2ccc(NC(=O)c3cc(=O)[nH]c4ccccc34)cc2)c2ccccc2)cc1. The number of carbonyl (C=O) groups is 3. The van der Waals surface area contributed by atoms with Crippen molar-refractivity contribution in [2.75, 3.05) is 12.4 Å². The summed E-state index contributed by atoms with van der Waals surface area (Å²) in [5.41, 5.74) is 1.90. The summed E-state index contributed by atoms with van der Waals surface area (Å²) in [4.78, 5) is 54.1. The zero-order valence-corrected chi connectivity index (χ0v) is 21.4. The van der Waals surface area contributed by atoms with Gasteiger partial charge >= 0.3 is 5.97 Å². The van der Waals surface area contributed by atoms with E-state index in [1.165, 1.54) is 25.3 Å². The van der Waals surface area contributed by atoms with Crippen LogP contribution in [-0.2, 0) is 4.74 Å². The lowest BCUT2D eigenvalue weighted by Crippen LogP contribution is -2.20. The number of methoxy groups -OCH3 is 1. The van der Waals surface area contributed by atoms with Crippen LogP contribution in [0.25, 0.3) is 10.9 Å². The summed E-state index contributed by atoms with van der Waals surface area (Å²) >= 11 is 0. The fraction of sp³-hybridized carbons (Fsp3) is 0.0625. The number of rotatable bonds is 8. The maximum absolute atomic E-state index is 13.3. The van der Waals surface area contributed by atoms with Crippen molar-refractivity contribution in [3.63, 3.8) is 0 Å². The molecule has 8 heteroatoms. The molecule has 1 unspecified atom stereocenters. The monoisotopic (exact) mass is 532 g/mol. The summed E-state index contributed by atoms with van der Waals surface area (Å²) in [6.07, 6.45) is -1.16. The Kier molecular flexibility index (Phi) is 7.50. The third-order valence-electron chi connectivity index (χ3n) is 6.31.